The van der Waals surface area contributed by atoms with E-state index in [1.54, 1.807) is 0 Å². The van der Waals surface area contributed by atoms with Crippen LogP contribution in [0.3, 0.4) is 0 Å². The number of nitrogens with zero attached hydrogens (tertiary/aromatic N) is 1. The summed E-state index contributed by atoms with van der Waals surface area (Å²) in [6.07, 6.45) is 1.81. The van der Waals surface area contributed by atoms with E-state index in [9.17, 15) is 0 Å². The molecule has 1 atom stereocenters. The van der Waals surface area contributed by atoms with E-state index in [1.807, 2.05) is 31.3 Å². The van der Waals surface area contributed by atoms with Crippen molar-refractivity contribution in [2.45, 2.75) is 13.0 Å². The SMILES string of the molecule is CC(N)c1cccc2[nH]ncc12.Cl. The Labute approximate surface area is 82.7 Å². The van der Waals surface area contributed by atoms with Crippen molar-refractivity contribution in [2.75, 3.05) is 0 Å². The topological polar surface area (TPSA) is 54.7 Å². The van der Waals surface area contributed by atoms with Crippen LogP contribution in [-0.2, 0) is 0 Å². The highest BCUT2D eigenvalue weighted by atomic mass is 35.5. The molecule has 3 nitrogen and oxygen atoms in total. The second-order valence-electron chi connectivity index (χ2n) is 2.97. The molecule has 1 heterocycles. The van der Waals surface area contributed by atoms with Crippen LogP contribution in [0.15, 0.2) is 24.4 Å². The van der Waals surface area contributed by atoms with E-state index in [0.717, 1.165) is 16.5 Å². The zero-order valence-corrected chi connectivity index (χ0v) is 8.14. The van der Waals surface area contributed by atoms with Crippen LogP contribution in [0.25, 0.3) is 10.9 Å². The lowest BCUT2D eigenvalue weighted by atomic mass is 10.1. The van der Waals surface area contributed by atoms with Crippen molar-refractivity contribution in [3.63, 3.8) is 0 Å². The molecule has 0 saturated carbocycles. The van der Waals surface area contributed by atoms with Crippen LogP contribution < -0.4 is 5.73 Å². The number of aromatic amines is 1. The number of hydrogen-bond acceptors (Lipinski definition) is 2. The Balaban J connectivity index is 0.000000845. The van der Waals surface area contributed by atoms with Gasteiger partial charge in [0.1, 0.15) is 0 Å². The van der Waals surface area contributed by atoms with Crippen LogP contribution in [0.1, 0.15) is 18.5 Å². The Morgan fingerprint density at radius 1 is 1.46 bits per heavy atom. The standard InChI is InChI=1S/C9H11N3.ClH/c1-6(10)7-3-2-4-9-8(7)5-11-12-9;/h2-6H,10H2,1H3,(H,11,12);1H. The Kier molecular flexibility index (Phi) is 2.90. The fourth-order valence-electron chi connectivity index (χ4n) is 1.39. The first-order valence-electron chi connectivity index (χ1n) is 3.96. The fraction of sp³-hybridized carbons (Fsp3) is 0.222. The van der Waals surface area contributed by atoms with Gasteiger partial charge in [-0.2, -0.15) is 5.10 Å². The predicted molar refractivity (Wildman–Crippen MR) is 55.9 cm³/mol. The molecule has 2 aromatic rings. The van der Waals surface area contributed by atoms with Crippen molar-refractivity contribution in [1.29, 1.82) is 0 Å². The smallest absolute Gasteiger partial charge is 0.0653 e. The highest BCUT2D eigenvalue weighted by molar-refractivity contribution is 5.85. The third kappa shape index (κ3) is 1.66. The number of H-pyrrole nitrogens is 1. The second-order valence-corrected chi connectivity index (χ2v) is 2.97. The number of hydrogen-bond donors (Lipinski definition) is 2. The third-order valence-electron chi connectivity index (χ3n) is 2.01. The van der Waals surface area contributed by atoms with Gasteiger partial charge in [0, 0.05) is 11.4 Å². The number of fused-ring (bicyclic) bond motifs is 1. The van der Waals surface area contributed by atoms with Gasteiger partial charge in [-0.1, -0.05) is 12.1 Å². The van der Waals surface area contributed by atoms with Crippen LogP contribution >= 0.6 is 12.4 Å². The molecule has 4 heteroatoms. The van der Waals surface area contributed by atoms with Gasteiger partial charge in [-0.3, -0.25) is 5.10 Å². The summed E-state index contributed by atoms with van der Waals surface area (Å²) in [7, 11) is 0. The first-order valence-corrected chi connectivity index (χ1v) is 3.96. The molecular weight excluding hydrogens is 186 g/mol. The van der Waals surface area contributed by atoms with Crippen molar-refractivity contribution in [3.05, 3.63) is 30.0 Å². The van der Waals surface area contributed by atoms with Gasteiger partial charge < -0.3 is 5.73 Å². The third-order valence-corrected chi connectivity index (χ3v) is 2.01. The van der Waals surface area contributed by atoms with Crippen LogP contribution in [-0.4, -0.2) is 10.2 Å². The molecule has 0 aliphatic carbocycles. The first-order chi connectivity index (χ1) is 5.79. The van der Waals surface area contributed by atoms with Crippen molar-refractivity contribution < 1.29 is 0 Å². The van der Waals surface area contributed by atoms with Gasteiger partial charge in [-0.25, -0.2) is 0 Å². The predicted octanol–water partition coefficient (Wildman–Crippen LogP) is 2.00. The van der Waals surface area contributed by atoms with Gasteiger partial charge in [-0.15, -0.1) is 12.4 Å². The zero-order valence-electron chi connectivity index (χ0n) is 7.32. The summed E-state index contributed by atoms with van der Waals surface area (Å²) in [4.78, 5) is 0. The molecule has 2 rings (SSSR count). The van der Waals surface area contributed by atoms with Crippen LogP contribution in [0.4, 0.5) is 0 Å². The summed E-state index contributed by atoms with van der Waals surface area (Å²) in [5, 5.41) is 7.99. The minimum absolute atomic E-state index is 0. The molecule has 0 fully saturated rings. The monoisotopic (exact) mass is 197 g/mol. The normalized spacial score (nSPS) is 12.5. The van der Waals surface area contributed by atoms with Crippen molar-refractivity contribution in [2.24, 2.45) is 5.73 Å². The van der Waals surface area contributed by atoms with Crippen LogP contribution in [0, 0.1) is 0 Å². The number of rotatable bonds is 1. The minimum atomic E-state index is 0. The number of benzene rings is 1. The Bertz CT molecular complexity index is 394. The zero-order chi connectivity index (χ0) is 8.55. The summed E-state index contributed by atoms with van der Waals surface area (Å²) >= 11 is 0. The van der Waals surface area contributed by atoms with Gasteiger partial charge in [0.15, 0.2) is 0 Å². The maximum atomic E-state index is 5.80. The molecular formula is C9H12ClN3. The lowest BCUT2D eigenvalue weighted by Gasteiger charge is -2.05. The average Bonchev–Trinajstić information content (AvgIpc) is 2.49. The Morgan fingerprint density at radius 2 is 2.23 bits per heavy atom. The van der Waals surface area contributed by atoms with E-state index >= 15 is 0 Å². The largest absolute Gasteiger partial charge is 0.324 e. The number of aromatic nitrogens is 2. The quantitative estimate of drug-likeness (QED) is 0.735. The first kappa shape index (κ1) is 10.0. The van der Waals surface area contributed by atoms with Gasteiger partial charge >= 0.3 is 0 Å². The molecule has 3 N–H and O–H groups in total. The second kappa shape index (κ2) is 3.77. The molecule has 0 bridgehead atoms. The molecule has 13 heavy (non-hydrogen) atoms. The molecule has 70 valence electrons. The van der Waals surface area contributed by atoms with Crippen LogP contribution in [0.5, 0.6) is 0 Å². The summed E-state index contributed by atoms with van der Waals surface area (Å²) < 4.78 is 0. The number of halogens is 1. The summed E-state index contributed by atoms with van der Waals surface area (Å²) in [6, 6.07) is 6.07. The van der Waals surface area contributed by atoms with Gasteiger partial charge in [0.2, 0.25) is 0 Å². The van der Waals surface area contributed by atoms with E-state index in [4.69, 9.17) is 5.73 Å². The number of nitrogens with one attached hydrogen (secondary N) is 1. The molecule has 1 unspecified atom stereocenters. The van der Waals surface area contributed by atoms with Gasteiger partial charge in [-0.05, 0) is 18.6 Å². The maximum absolute atomic E-state index is 5.80. The van der Waals surface area contributed by atoms with E-state index < -0.39 is 0 Å². The average molecular weight is 198 g/mol. The lowest BCUT2D eigenvalue weighted by Crippen LogP contribution is -2.04. The molecule has 0 radical (unpaired) electrons. The van der Waals surface area contributed by atoms with E-state index in [2.05, 4.69) is 10.2 Å². The van der Waals surface area contributed by atoms with Crippen molar-refractivity contribution in [3.8, 4) is 0 Å². The maximum Gasteiger partial charge on any atom is 0.0653 e. The number of nitrogens with two attached hydrogens (primary N) is 1. The summed E-state index contributed by atoms with van der Waals surface area (Å²) in [6.45, 7) is 1.97. The highest BCUT2D eigenvalue weighted by Gasteiger charge is 2.04. The summed E-state index contributed by atoms with van der Waals surface area (Å²) in [5.74, 6) is 0. The van der Waals surface area contributed by atoms with E-state index in [1.165, 1.54) is 0 Å². The molecule has 0 amide bonds. The lowest BCUT2D eigenvalue weighted by molar-refractivity contribution is 0.827. The van der Waals surface area contributed by atoms with Crippen molar-refractivity contribution >= 4 is 23.3 Å². The Morgan fingerprint density at radius 3 is 2.92 bits per heavy atom. The molecule has 1 aromatic heterocycles. The molecule has 0 aliphatic rings. The molecule has 0 spiro atoms. The molecule has 1 aromatic carbocycles. The van der Waals surface area contributed by atoms with Crippen LogP contribution in [0.2, 0.25) is 0 Å². The highest BCUT2D eigenvalue weighted by Crippen LogP contribution is 2.20. The fourth-order valence-corrected chi connectivity index (χ4v) is 1.39. The van der Waals surface area contributed by atoms with E-state index in [-0.39, 0.29) is 18.4 Å². The van der Waals surface area contributed by atoms with Crippen molar-refractivity contribution in [1.82, 2.24) is 10.2 Å². The minimum Gasteiger partial charge on any atom is -0.324 e. The van der Waals surface area contributed by atoms with E-state index in [0.29, 0.717) is 0 Å². The summed E-state index contributed by atoms with van der Waals surface area (Å²) in [5.41, 5.74) is 7.98. The molecule has 0 aliphatic heterocycles. The molecule has 0 saturated heterocycles. The van der Waals surface area contributed by atoms with Gasteiger partial charge in [0.05, 0.1) is 11.7 Å². The Hall–Kier alpha value is -1.06. The van der Waals surface area contributed by atoms with Gasteiger partial charge in [0.25, 0.3) is 0 Å².